The van der Waals surface area contributed by atoms with Gasteiger partial charge in [-0.2, -0.15) is 0 Å². The van der Waals surface area contributed by atoms with Crippen molar-refractivity contribution < 1.29 is 4.79 Å². The fraction of sp³-hybridized carbons (Fsp3) is 0.444. The molecule has 1 aromatic heterocycles. The van der Waals surface area contributed by atoms with Crippen LogP contribution >= 0.6 is 0 Å². The monoisotopic (exact) mass is 282 g/mol. The Balaban J connectivity index is 1.98. The van der Waals surface area contributed by atoms with E-state index < -0.39 is 0 Å². The van der Waals surface area contributed by atoms with Gasteiger partial charge in [0, 0.05) is 18.5 Å². The van der Waals surface area contributed by atoms with Gasteiger partial charge in [-0.25, -0.2) is 4.98 Å². The highest BCUT2D eigenvalue weighted by atomic mass is 16.1. The second kappa shape index (κ2) is 6.25. The van der Waals surface area contributed by atoms with Crippen LogP contribution in [0.3, 0.4) is 0 Å². The van der Waals surface area contributed by atoms with Gasteiger partial charge < -0.3 is 4.90 Å². The third kappa shape index (κ3) is 2.92. The average molecular weight is 282 g/mol. The first-order chi connectivity index (χ1) is 10.3. The maximum atomic E-state index is 11.5. The number of nitrogens with zero attached hydrogens (tertiary/aromatic N) is 2. The number of rotatable bonds is 3. The molecule has 21 heavy (non-hydrogen) atoms. The number of anilines is 1. The Morgan fingerprint density at radius 2 is 1.86 bits per heavy atom. The first kappa shape index (κ1) is 14.1. The van der Waals surface area contributed by atoms with Crippen LogP contribution in [0.4, 0.5) is 5.82 Å². The lowest BCUT2D eigenvalue weighted by atomic mass is 10.1. The van der Waals surface area contributed by atoms with Crippen molar-refractivity contribution in [3.05, 3.63) is 35.9 Å². The molecule has 0 amide bonds. The third-order valence-electron chi connectivity index (χ3n) is 4.57. The first-order valence-electron chi connectivity index (χ1n) is 7.87. The summed E-state index contributed by atoms with van der Waals surface area (Å²) < 4.78 is 0. The molecule has 3 heteroatoms. The van der Waals surface area contributed by atoms with Crippen molar-refractivity contribution in [2.24, 2.45) is 0 Å². The van der Waals surface area contributed by atoms with Crippen molar-refractivity contribution in [1.82, 2.24) is 4.98 Å². The summed E-state index contributed by atoms with van der Waals surface area (Å²) in [6.07, 6.45) is 8.54. The summed E-state index contributed by atoms with van der Waals surface area (Å²) in [6.45, 7) is 0. The largest absolute Gasteiger partial charge is 0.356 e. The van der Waals surface area contributed by atoms with Crippen LogP contribution in [-0.2, 0) is 0 Å². The van der Waals surface area contributed by atoms with E-state index in [2.05, 4.69) is 11.9 Å². The molecule has 1 saturated carbocycles. The Labute approximate surface area is 126 Å². The Morgan fingerprint density at radius 1 is 1.14 bits per heavy atom. The molecule has 0 N–H and O–H groups in total. The van der Waals surface area contributed by atoms with Crippen molar-refractivity contribution in [3.8, 4) is 0 Å². The molecule has 0 unspecified atom stereocenters. The number of hydrogen-bond acceptors (Lipinski definition) is 3. The summed E-state index contributed by atoms with van der Waals surface area (Å²) in [5.41, 5.74) is 1.65. The Hall–Kier alpha value is -1.90. The number of para-hydroxylation sites is 1. The summed E-state index contributed by atoms with van der Waals surface area (Å²) >= 11 is 0. The number of benzene rings is 1. The van der Waals surface area contributed by atoms with Crippen molar-refractivity contribution in [1.29, 1.82) is 0 Å². The Morgan fingerprint density at radius 3 is 2.57 bits per heavy atom. The van der Waals surface area contributed by atoms with E-state index in [1.54, 1.807) is 0 Å². The van der Waals surface area contributed by atoms with Gasteiger partial charge in [-0.1, -0.05) is 43.9 Å². The molecule has 3 rings (SSSR count). The van der Waals surface area contributed by atoms with Gasteiger partial charge in [0.15, 0.2) is 6.29 Å². The fourth-order valence-electron chi connectivity index (χ4n) is 3.31. The maximum absolute atomic E-state index is 11.5. The van der Waals surface area contributed by atoms with Crippen molar-refractivity contribution in [2.75, 3.05) is 11.9 Å². The van der Waals surface area contributed by atoms with E-state index in [0.717, 1.165) is 23.0 Å². The number of carbonyl (C=O) groups is 1. The van der Waals surface area contributed by atoms with E-state index in [9.17, 15) is 4.79 Å². The molecule has 0 bridgehead atoms. The number of aldehydes is 1. The van der Waals surface area contributed by atoms with Crippen LogP contribution < -0.4 is 4.90 Å². The zero-order valence-electron chi connectivity index (χ0n) is 12.6. The van der Waals surface area contributed by atoms with Crippen molar-refractivity contribution in [2.45, 2.75) is 44.6 Å². The van der Waals surface area contributed by atoms with Crippen molar-refractivity contribution in [3.63, 3.8) is 0 Å². The molecule has 1 aromatic carbocycles. The average Bonchev–Trinajstić information content (AvgIpc) is 2.82. The SMILES string of the molecule is CN(c1nc2ccccc2cc1C=O)C1CCCCCC1. The van der Waals surface area contributed by atoms with Gasteiger partial charge >= 0.3 is 0 Å². The van der Waals surface area contributed by atoms with Crippen LogP contribution in [0.25, 0.3) is 10.9 Å². The smallest absolute Gasteiger partial charge is 0.153 e. The maximum Gasteiger partial charge on any atom is 0.153 e. The van der Waals surface area contributed by atoms with Gasteiger partial charge in [0.1, 0.15) is 5.82 Å². The second-order valence-electron chi connectivity index (χ2n) is 5.97. The van der Waals surface area contributed by atoms with Crippen LogP contribution in [0.1, 0.15) is 48.9 Å². The summed E-state index contributed by atoms with van der Waals surface area (Å²) in [5.74, 6) is 0.829. The van der Waals surface area contributed by atoms with Gasteiger partial charge in [-0.3, -0.25) is 4.79 Å². The van der Waals surface area contributed by atoms with Crippen LogP contribution in [0.2, 0.25) is 0 Å². The van der Waals surface area contributed by atoms with Gasteiger partial charge in [-0.15, -0.1) is 0 Å². The van der Waals surface area contributed by atoms with E-state index in [-0.39, 0.29) is 0 Å². The van der Waals surface area contributed by atoms with E-state index >= 15 is 0 Å². The van der Waals surface area contributed by atoms with Crippen LogP contribution in [0.15, 0.2) is 30.3 Å². The topological polar surface area (TPSA) is 33.2 Å². The molecule has 0 spiro atoms. The van der Waals surface area contributed by atoms with Crippen LogP contribution in [0, 0.1) is 0 Å². The van der Waals surface area contributed by atoms with Gasteiger partial charge in [0.25, 0.3) is 0 Å². The summed E-state index contributed by atoms with van der Waals surface area (Å²) in [5, 5.41) is 1.03. The van der Waals surface area contributed by atoms with Crippen molar-refractivity contribution >= 4 is 23.0 Å². The number of fused-ring (bicyclic) bond motifs is 1. The highest BCUT2D eigenvalue weighted by Gasteiger charge is 2.20. The lowest BCUT2D eigenvalue weighted by Crippen LogP contribution is -2.32. The third-order valence-corrected chi connectivity index (χ3v) is 4.57. The molecule has 1 aliphatic carbocycles. The second-order valence-corrected chi connectivity index (χ2v) is 5.97. The minimum absolute atomic E-state index is 0.500. The highest BCUT2D eigenvalue weighted by Crippen LogP contribution is 2.28. The minimum Gasteiger partial charge on any atom is -0.356 e. The number of pyridine rings is 1. The molecule has 2 aromatic rings. The molecule has 0 saturated heterocycles. The van der Waals surface area contributed by atoms with Crippen LogP contribution in [0.5, 0.6) is 0 Å². The number of hydrogen-bond donors (Lipinski definition) is 0. The molecule has 1 heterocycles. The standard InChI is InChI=1S/C18H22N2O/c1-20(16-9-4-2-3-5-10-16)18-15(13-21)12-14-8-6-7-11-17(14)19-18/h6-8,11-13,16H,2-5,9-10H2,1H3. The fourth-order valence-corrected chi connectivity index (χ4v) is 3.31. The van der Waals surface area contributed by atoms with Crippen LogP contribution in [-0.4, -0.2) is 24.4 Å². The summed E-state index contributed by atoms with van der Waals surface area (Å²) in [6, 6.07) is 10.4. The Kier molecular flexibility index (Phi) is 4.18. The van der Waals surface area contributed by atoms with E-state index in [4.69, 9.17) is 4.98 Å². The molecular weight excluding hydrogens is 260 g/mol. The molecule has 110 valence electrons. The molecule has 1 fully saturated rings. The molecule has 0 aliphatic heterocycles. The quantitative estimate of drug-likeness (QED) is 0.624. The summed E-state index contributed by atoms with van der Waals surface area (Å²) in [4.78, 5) is 18.4. The lowest BCUT2D eigenvalue weighted by Gasteiger charge is -2.29. The summed E-state index contributed by atoms with van der Waals surface area (Å²) in [7, 11) is 2.08. The van der Waals surface area contributed by atoms with E-state index in [1.165, 1.54) is 38.5 Å². The lowest BCUT2D eigenvalue weighted by molar-refractivity contribution is 0.112. The van der Waals surface area contributed by atoms with E-state index in [0.29, 0.717) is 11.6 Å². The number of aromatic nitrogens is 1. The molecule has 0 atom stereocenters. The van der Waals surface area contributed by atoms with Gasteiger partial charge in [0.05, 0.1) is 11.1 Å². The molecule has 0 radical (unpaired) electrons. The molecular formula is C18H22N2O. The minimum atomic E-state index is 0.500. The zero-order valence-corrected chi connectivity index (χ0v) is 12.6. The van der Waals surface area contributed by atoms with Gasteiger partial charge in [-0.05, 0) is 25.0 Å². The predicted octanol–water partition coefficient (Wildman–Crippen LogP) is 4.21. The highest BCUT2D eigenvalue weighted by molar-refractivity contribution is 5.91. The Bertz CT molecular complexity index is 630. The first-order valence-corrected chi connectivity index (χ1v) is 7.87. The molecule has 3 nitrogen and oxygen atoms in total. The normalized spacial score (nSPS) is 16.6. The van der Waals surface area contributed by atoms with E-state index in [1.807, 2.05) is 30.3 Å². The molecule has 1 aliphatic rings. The van der Waals surface area contributed by atoms with Gasteiger partial charge in [0.2, 0.25) is 0 Å². The predicted molar refractivity (Wildman–Crippen MR) is 87.0 cm³/mol. The zero-order chi connectivity index (χ0) is 14.7. The number of carbonyl (C=O) groups excluding carboxylic acids is 1.